The molecule has 2 nitrogen and oxygen atoms in total. The van der Waals surface area contributed by atoms with Gasteiger partial charge in [0, 0.05) is 0 Å². The molecule has 0 N–H and O–H groups in total. The van der Waals surface area contributed by atoms with E-state index >= 15 is 0 Å². The molecule has 0 unspecified atom stereocenters. The van der Waals surface area contributed by atoms with E-state index in [9.17, 15) is 0 Å². The minimum Gasteiger partial charge on any atom is -0.490 e. The Kier molecular flexibility index (Phi) is 3.78. The first kappa shape index (κ1) is 11.9. The molecule has 0 aliphatic carbocycles. The second kappa shape index (κ2) is 5.70. The van der Waals surface area contributed by atoms with Gasteiger partial charge < -0.3 is 4.74 Å². The van der Waals surface area contributed by atoms with Crippen molar-refractivity contribution in [2.75, 3.05) is 6.61 Å². The van der Waals surface area contributed by atoms with E-state index in [1.54, 1.807) is 6.08 Å². The lowest BCUT2D eigenvalue weighted by Gasteiger charge is -2.06. The van der Waals surface area contributed by atoms with Gasteiger partial charge in [-0.2, -0.15) is 5.26 Å². The second-order valence-electron chi connectivity index (χ2n) is 3.82. The number of benzene rings is 2. The summed E-state index contributed by atoms with van der Waals surface area (Å²) in [6.07, 6.45) is 1.72. The molecular weight excluding hydrogens is 222 g/mol. The molecule has 88 valence electrons. The summed E-state index contributed by atoms with van der Waals surface area (Å²) < 4.78 is 5.49. The zero-order valence-electron chi connectivity index (χ0n) is 9.97. The van der Waals surface area contributed by atoms with Crippen LogP contribution in [0.1, 0.15) is 5.56 Å². The fourth-order valence-electron chi connectivity index (χ4n) is 1.66. The van der Waals surface area contributed by atoms with Crippen molar-refractivity contribution in [2.45, 2.75) is 0 Å². The number of hydrogen-bond acceptors (Lipinski definition) is 2. The van der Waals surface area contributed by atoms with E-state index in [0.29, 0.717) is 12.2 Å². The molecule has 2 rings (SSSR count). The Morgan fingerprint density at radius 3 is 2.56 bits per heavy atom. The Labute approximate surface area is 107 Å². The van der Waals surface area contributed by atoms with Crippen LogP contribution in [-0.4, -0.2) is 6.61 Å². The number of nitriles is 1. The molecule has 2 aromatic rings. The van der Waals surface area contributed by atoms with Crippen molar-refractivity contribution >= 4 is 0 Å². The molecule has 2 heteroatoms. The lowest BCUT2D eigenvalue weighted by Crippen LogP contribution is -1.92. The average molecular weight is 235 g/mol. The van der Waals surface area contributed by atoms with Crippen molar-refractivity contribution in [1.29, 1.82) is 5.26 Å². The summed E-state index contributed by atoms with van der Waals surface area (Å²) in [5.74, 6) is 0.816. The molecular formula is C16H13NO. The van der Waals surface area contributed by atoms with Gasteiger partial charge in [0.15, 0.2) is 0 Å². The van der Waals surface area contributed by atoms with E-state index in [1.165, 1.54) is 0 Å². The summed E-state index contributed by atoms with van der Waals surface area (Å²) in [5.41, 5.74) is 2.80. The van der Waals surface area contributed by atoms with Crippen molar-refractivity contribution in [1.82, 2.24) is 0 Å². The van der Waals surface area contributed by atoms with E-state index in [1.807, 2.05) is 48.5 Å². The molecule has 0 bridgehead atoms. The average Bonchev–Trinajstić information content (AvgIpc) is 2.45. The Balaban J connectivity index is 2.26. The Hall–Kier alpha value is -2.53. The minimum absolute atomic E-state index is 0.497. The van der Waals surface area contributed by atoms with E-state index in [-0.39, 0.29) is 0 Å². The topological polar surface area (TPSA) is 33.0 Å². The first-order chi connectivity index (χ1) is 8.83. The molecule has 0 spiro atoms. The highest BCUT2D eigenvalue weighted by Crippen LogP contribution is 2.24. The van der Waals surface area contributed by atoms with Gasteiger partial charge in [0.2, 0.25) is 0 Å². The third kappa shape index (κ3) is 2.78. The maximum atomic E-state index is 8.76. The highest BCUT2D eigenvalue weighted by Gasteiger charge is 2.00. The fourth-order valence-corrected chi connectivity index (χ4v) is 1.66. The number of rotatable bonds is 4. The SMILES string of the molecule is C=CCOc1cccc(-c2ccc(C#N)cc2)c1. The van der Waals surface area contributed by atoms with E-state index in [2.05, 4.69) is 12.6 Å². The summed E-state index contributed by atoms with van der Waals surface area (Å²) >= 11 is 0. The van der Waals surface area contributed by atoms with Gasteiger partial charge in [-0.15, -0.1) is 0 Å². The number of ether oxygens (including phenoxy) is 1. The molecule has 0 radical (unpaired) electrons. The molecule has 0 aliphatic rings. The molecule has 0 saturated heterocycles. The Morgan fingerprint density at radius 1 is 1.11 bits per heavy atom. The van der Waals surface area contributed by atoms with Crippen LogP contribution < -0.4 is 4.74 Å². The molecule has 0 fully saturated rings. The fraction of sp³-hybridized carbons (Fsp3) is 0.0625. The predicted molar refractivity (Wildman–Crippen MR) is 72.3 cm³/mol. The van der Waals surface area contributed by atoms with Gasteiger partial charge in [-0.25, -0.2) is 0 Å². The number of hydrogen-bond donors (Lipinski definition) is 0. The first-order valence-electron chi connectivity index (χ1n) is 5.68. The molecule has 0 saturated carbocycles. The quantitative estimate of drug-likeness (QED) is 0.755. The largest absolute Gasteiger partial charge is 0.490 e. The third-order valence-corrected chi connectivity index (χ3v) is 2.55. The van der Waals surface area contributed by atoms with Gasteiger partial charge in [0.05, 0.1) is 11.6 Å². The minimum atomic E-state index is 0.497. The van der Waals surface area contributed by atoms with Crippen LogP contribution in [0.2, 0.25) is 0 Å². The highest BCUT2D eigenvalue weighted by atomic mass is 16.5. The van der Waals surface area contributed by atoms with Crippen molar-refractivity contribution < 1.29 is 4.74 Å². The van der Waals surface area contributed by atoms with Crippen LogP contribution >= 0.6 is 0 Å². The molecule has 0 aromatic heterocycles. The summed E-state index contributed by atoms with van der Waals surface area (Å²) in [6, 6.07) is 17.5. The van der Waals surface area contributed by atoms with Crippen LogP contribution in [0.4, 0.5) is 0 Å². The standard InChI is InChI=1S/C16H13NO/c1-2-10-18-16-5-3-4-15(11-16)14-8-6-13(12-17)7-9-14/h2-9,11H,1,10H2. The maximum Gasteiger partial charge on any atom is 0.120 e. The van der Waals surface area contributed by atoms with Crippen LogP contribution in [0.15, 0.2) is 61.2 Å². The molecule has 0 amide bonds. The summed E-state index contributed by atoms with van der Waals surface area (Å²) in [6.45, 7) is 4.12. The highest BCUT2D eigenvalue weighted by molar-refractivity contribution is 5.65. The van der Waals surface area contributed by atoms with Gasteiger partial charge in [-0.05, 0) is 35.4 Å². The van der Waals surface area contributed by atoms with Crippen molar-refractivity contribution in [3.05, 3.63) is 66.7 Å². The lowest BCUT2D eigenvalue weighted by atomic mass is 10.0. The maximum absolute atomic E-state index is 8.76. The summed E-state index contributed by atoms with van der Waals surface area (Å²) in [4.78, 5) is 0. The van der Waals surface area contributed by atoms with Crippen LogP contribution in [0.25, 0.3) is 11.1 Å². The van der Waals surface area contributed by atoms with Gasteiger partial charge in [0.1, 0.15) is 12.4 Å². The first-order valence-corrected chi connectivity index (χ1v) is 5.68. The molecule has 0 atom stereocenters. The van der Waals surface area contributed by atoms with Crippen LogP contribution in [0.5, 0.6) is 5.75 Å². The van der Waals surface area contributed by atoms with E-state index < -0.39 is 0 Å². The Bertz CT molecular complexity index is 579. The van der Waals surface area contributed by atoms with Crippen LogP contribution in [-0.2, 0) is 0 Å². The van der Waals surface area contributed by atoms with Crippen LogP contribution in [0, 0.1) is 11.3 Å². The predicted octanol–water partition coefficient (Wildman–Crippen LogP) is 3.79. The third-order valence-electron chi connectivity index (χ3n) is 2.55. The van der Waals surface area contributed by atoms with Gasteiger partial charge in [-0.3, -0.25) is 0 Å². The van der Waals surface area contributed by atoms with Gasteiger partial charge >= 0.3 is 0 Å². The smallest absolute Gasteiger partial charge is 0.120 e. The number of nitrogens with zero attached hydrogens (tertiary/aromatic N) is 1. The molecule has 0 heterocycles. The van der Waals surface area contributed by atoms with Gasteiger partial charge in [-0.1, -0.05) is 36.9 Å². The summed E-state index contributed by atoms with van der Waals surface area (Å²) in [5, 5.41) is 8.76. The molecule has 2 aromatic carbocycles. The van der Waals surface area contributed by atoms with E-state index in [0.717, 1.165) is 16.9 Å². The zero-order valence-corrected chi connectivity index (χ0v) is 9.97. The van der Waals surface area contributed by atoms with Crippen molar-refractivity contribution in [3.63, 3.8) is 0 Å². The lowest BCUT2D eigenvalue weighted by molar-refractivity contribution is 0.363. The molecule has 18 heavy (non-hydrogen) atoms. The van der Waals surface area contributed by atoms with Crippen molar-refractivity contribution in [2.24, 2.45) is 0 Å². The van der Waals surface area contributed by atoms with Crippen LogP contribution in [0.3, 0.4) is 0 Å². The van der Waals surface area contributed by atoms with E-state index in [4.69, 9.17) is 10.00 Å². The zero-order chi connectivity index (χ0) is 12.8. The molecule has 0 aliphatic heterocycles. The summed E-state index contributed by atoms with van der Waals surface area (Å²) in [7, 11) is 0. The second-order valence-corrected chi connectivity index (χ2v) is 3.82. The Morgan fingerprint density at radius 2 is 1.89 bits per heavy atom. The van der Waals surface area contributed by atoms with Gasteiger partial charge in [0.25, 0.3) is 0 Å². The van der Waals surface area contributed by atoms with Crippen molar-refractivity contribution in [3.8, 4) is 22.9 Å². The normalized spacial score (nSPS) is 9.50. The monoisotopic (exact) mass is 235 g/mol.